The Morgan fingerprint density at radius 1 is 1.38 bits per heavy atom. The number of carbonyl (C=O) groups excluding carboxylic acids is 4. The molecule has 0 aromatic carbocycles. The predicted octanol–water partition coefficient (Wildman–Crippen LogP) is -0.547. The third-order valence-electron chi connectivity index (χ3n) is 3.92. The zero-order valence-electron chi connectivity index (χ0n) is 12.5. The van der Waals surface area contributed by atoms with E-state index in [0.29, 0.717) is 19.4 Å². The normalized spacial score (nSPS) is 20.5. The van der Waals surface area contributed by atoms with Gasteiger partial charge >= 0.3 is 0 Å². The Hall–Kier alpha value is -1.92. The first kappa shape index (κ1) is 17.1. The highest BCUT2D eigenvalue weighted by atomic mass is 16.2. The van der Waals surface area contributed by atoms with Crippen LogP contribution in [0.5, 0.6) is 0 Å². The van der Waals surface area contributed by atoms with Crippen LogP contribution in [-0.2, 0) is 19.2 Å². The van der Waals surface area contributed by atoms with Crippen LogP contribution in [0.3, 0.4) is 0 Å². The van der Waals surface area contributed by atoms with E-state index in [-0.39, 0.29) is 24.3 Å². The molecule has 2 N–H and O–H groups in total. The molecular formula is C14H23N3O4. The van der Waals surface area contributed by atoms with Gasteiger partial charge < -0.3 is 20.3 Å². The maximum atomic E-state index is 12.3. The molecule has 1 aliphatic rings. The lowest BCUT2D eigenvalue weighted by Crippen LogP contribution is -2.52. The van der Waals surface area contributed by atoms with Crippen LogP contribution in [0.15, 0.2) is 0 Å². The lowest BCUT2D eigenvalue weighted by molar-refractivity contribution is -0.138. The van der Waals surface area contributed by atoms with Crippen LogP contribution in [0.4, 0.5) is 0 Å². The SMILES string of the molecule is CC[C@H](C)C(C=O)NC(=O)C1CCCN1C(=O)CNC=O. The van der Waals surface area contributed by atoms with Gasteiger partial charge in [-0.3, -0.25) is 14.4 Å². The first-order valence-corrected chi connectivity index (χ1v) is 7.27. The summed E-state index contributed by atoms with van der Waals surface area (Å²) in [5.41, 5.74) is 0. The van der Waals surface area contributed by atoms with Crippen molar-refractivity contribution >= 4 is 24.5 Å². The molecule has 7 nitrogen and oxygen atoms in total. The van der Waals surface area contributed by atoms with Gasteiger partial charge in [0.25, 0.3) is 0 Å². The van der Waals surface area contributed by atoms with Crippen LogP contribution in [0.1, 0.15) is 33.1 Å². The zero-order valence-corrected chi connectivity index (χ0v) is 12.5. The number of rotatable bonds is 8. The van der Waals surface area contributed by atoms with Gasteiger partial charge in [0.1, 0.15) is 12.3 Å². The average molecular weight is 297 g/mol. The Morgan fingerprint density at radius 3 is 2.67 bits per heavy atom. The molecule has 0 aromatic rings. The summed E-state index contributed by atoms with van der Waals surface area (Å²) >= 11 is 0. The maximum absolute atomic E-state index is 12.3. The van der Waals surface area contributed by atoms with Crippen molar-refractivity contribution in [1.82, 2.24) is 15.5 Å². The predicted molar refractivity (Wildman–Crippen MR) is 76.3 cm³/mol. The minimum atomic E-state index is -0.558. The monoisotopic (exact) mass is 297 g/mol. The summed E-state index contributed by atoms with van der Waals surface area (Å²) in [7, 11) is 0. The number of amides is 3. The largest absolute Gasteiger partial charge is 0.350 e. The molecule has 2 unspecified atom stereocenters. The number of hydrogen-bond acceptors (Lipinski definition) is 4. The van der Waals surface area contributed by atoms with Crippen LogP contribution in [0.2, 0.25) is 0 Å². The van der Waals surface area contributed by atoms with Gasteiger partial charge in [-0.15, -0.1) is 0 Å². The standard InChI is InChI=1S/C14H23N3O4/c1-3-10(2)11(8-18)16-14(21)12-5-4-6-17(12)13(20)7-15-9-19/h8-12H,3-7H2,1-2H3,(H,15,19)(H,16,21)/t10-,11?,12?/m0/s1. The molecule has 0 radical (unpaired) electrons. The molecule has 7 heteroatoms. The fourth-order valence-electron chi connectivity index (χ4n) is 2.39. The molecule has 0 bridgehead atoms. The molecular weight excluding hydrogens is 274 g/mol. The molecule has 1 aliphatic heterocycles. The Balaban J connectivity index is 2.64. The summed E-state index contributed by atoms with van der Waals surface area (Å²) in [4.78, 5) is 47.0. The summed E-state index contributed by atoms with van der Waals surface area (Å²) in [6, 6.07) is -1.09. The van der Waals surface area contributed by atoms with Crippen molar-refractivity contribution in [2.45, 2.75) is 45.2 Å². The molecule has 0 saturated carbocycles. The number of aldehydes is 1. The second kappa shape index (κ2) is 8.39. The van der Waals surface area contributed by atoms with Crippen LogP contribution in [0.25, 0.3) is 0 Å². The van der Waals surface area contributed by atoms with E-state index in [1.165, 1.54) is 4.90 Å². The average Bonchev–Trinajstić information content (AvgIpc) is 2.98. The van der Waals surface area contributed by atoms with Gasteiger partial charge in [0.2, 0.25) is 18.2 Å². The Bertz CT molecular complexity index is 400. The molecule has 1 fully saturated rings. The number of nitrogens with zero attached hydrogens (tertiary/aromatic N) is 1. The number of carbonyl (C=O) groups is 4. The first-order valence-electron chi connectivity index (χ1n) is 7.27. The molecule has 1 rings (SSSR count). The smallest absolute Gasteiger partial charge is 0.243 e. The van der Waals surface area contributed by atoms with Crippen LogP contribution >= 0.6 is 0 Å². The summed E-state index contributed by atoms with van der Waals surface area (Å²) < 4.78 is 0. The van der Waals surface area contributed by atoms with Gasteiger partial charge in [-0.1, -0.05) is 20.3 Å². The minimum absolute atomic E-state index is 0.0498. The van der Waals surface area contributed by atoms with Crippen LogP contribution in [0, 0.1) is 5.92 Å². The highest BCUT2D eigenvalue weighted by Gasteiger charge is 2.35. The fraction of sp³-hybridized carbons (Fsp3) is 0.714. The molecule has 1 saturated heterocycles. The molecule has 118 valence electrons. The van der Waals surface area contributed by atoms with Crippen LogP contribution in [-0.4, -0.2) is 54.6 Å². The van der Waals surface area contributed by atoms with Crippen molar-refractivity contribution in [2.24, 2.45) is 5.92 Å². The van der Waals surface area contributed by atoms with E-state index in [2.05, 4.69) is 10.6 Å². The minimum Gasteiger partial charge on any atom is -0.350 e. The van der Waals surface area contributed by atoms with Crippen molar-refractivity contribution in [3.8, 4) is 0 Å². The number of hydrogen-bond donors (Lipinski definition) is 2. The van der Waals surface area contributed by atoms with Crippen molar-refractivity contribution in [2.75, 3.05) is 13.1 Å². The molecule has 3 atom stereocenters. The Kier molecular flexibility index (Phi) is 6.84. The second-order valence-electron chi connectivity index (χ2n) is 5.30. The van der Waals surface area contributed by atoms with Gasteiger partial charge in [0, 0.05) is 6.54 Å². The Morgan fingerprint density at radius 2 is 2.10 bits per heavy atom. The molecule has 0 spiro atoms. The van der Waals surface area contributed by atoms with E-state index in [0.717, 1.165) is 19.1 Å². The van der Waals surface area contributed by atoms with E-state index in [4.69, 9.17) is 0 Å². The highest BCUT2D eigenvalue weighted by molar-refractivity contribution is 5.90. The van der Waals surface area contributed by atoms with Crippen molar-refractivity contribution in [3.05, 3.63) is 0 Å². The summed E-state index contributed by atoms with van der Waals surface area (Å²) in [6.45, 7) is 4.22. The van der Waals surface area contributed by atoms with Gasteiger partial charge in [-0.2, -0.15) is 0 Å². The van der Waals surface area contributed by atoms with Crippen molar-refractivity contribution in [3.63, 3.8) is 0 Å². The van der Waals surface area contributed by atoms with E-state index >= 15 is 0 Å². The van der Waals surface area contributed by atoms with Gasteiger partial charge in [-0.05, 0) is 18.8 Å². The molecule has 21 heavy (non-hydrogen) atoms. The summed E-state index contributed by atoms with van der Waals surface area (Å²) in [6.07, 6.45) is 3.28. The van der Waals surface area contributed by atoms with E-state index in [1.54, 1.807) is 0 Å². The number of likely N-dealkylation sites (tertiary alicyclic amines) is 1. The zero-order chi connectivity index (χ0) is 15.8. The topological polar surface area (TPSA) is 95.6 Å². The van der Waals surface area contributed by atoms with E-state index < -0.39 is 12.1 Å². The highest BCUT2D eigenvalue weighted by Crippen LogP contribution is 2.18. The lowest BCUT2D eigenvalue weighted by atomic mass is 10.00. The lowest BCUT2D eigenvalue weighted by Gasteiger charge is -2.26. The van der Waals surface area contributed by atoms with Gasteiger partial charge in [-0.25, -0.2) is 0 Å². The van der Waals surface area contributed by atoms with Crippen molar-refractivity contribution < 1.29 is 19.2 Å². The third kappa shape index (κ3) is 4.54. The summed E-state index contributed by atoms with van der Waals surface area (Å²) in [5, 5.41) is 5.01. The molecule has 0 aliphatic carbocycles. The third-order valence-corrected chi connectivity index (χ3v) is 3.92. The summed E-state index contributed by atoms with van der Waals surface area (Å²) in [5.74, 6) is -0.538. The first-order chi connectivity index (χ1) is 10.0. The Labute approximate surface area is 124 Å². The quantitative estimate of drug-likeness (QED) is 0.588. The fourth-order valence-corrected chi connectivity index (χ4v) is 2.39. The van der Waals surface area contributed by atoms with E-state index in [9.17, 15) is 19.2 Å². The van der Waals surface area contributed by atoms with Gasteiger partial charge in [0.05, 0.1) is 12.6 Å². The van der Waals surface area contributed by atoms with Gasteiger partial charge in [0.15, 0.2) is 0 Å². The van der Waals surface area contributed by atoms with Crippen LogP contribution < -0.4 is 10.6 Å². The van der Waals surface area contributed by atoms with Crippen molar-refractivity contribution in [1.29, 1.82) is 0 Å². The maximum Gasteiger partial charge on any atom is 0.243 e. The molecule has 3 amide bonds. The molecule has 1 heterocycles. The second-order valence-corrected chi connectivity index (χ2v) is 5.30. The van der Waals surface area contributed by atoms with E-state index in [1.807, 2.05) is 13.8 Å². The molecule has 0 aromatic heterocycles. The number of nitrogens with one attached hydrogen (secondary N) is 2.